The van der Waals surface area contributed by atoms with Gasteiger partial charge in [0.2, 0.25) is 0 Å². The minimum atomic E-state index is -1.04. The van der Waals surface area contributed by atoms with Crippen molar-refractivity contribution < 1.29 is 9.90 Å². The number of rotatable bonds is 2. The maximum atomic E-state index is 11.2. The molecular formula is C16H10ClNO2. The van der Waals surface area contributed by atoms with Crippen LogP contribution in [-0.2, 0) is 0 Å². The molecule has 0 aliphatic heterocycles. The van der Waals surface area contributed by atoms with Gasteiger partial charge in [0.05, 0.1) is 5.52 Å². The average molecular weight is 284 g/mol. The number of aromatic carboxylic acids is 1. The Morgan fingerprint density at radius 1 is 1.05 bits per heavy atom. The predicted molar refractivity (Wildman–Crippen MR) is 79.1 cm³/mol. The minimum absolute atomic E-state index is 0.0358. The van der Waals surface area contributed by atoms with Gasteiger partial charge < -0.3 is 5.11 Å². The van der Waals surface area contributed by atoms with Crippen molar-refractivity contribution in [1.82, 2.24) is 4.98 Å². The SMILES string of the molecule is O=C(O)c1cc(-c2ccc(Cl)cc2)c2ccccc2n1. The van der Waals surface area contributed by atoms with Crippen molar-refractivity contribution in [2.45, 2.75) is 0 Å². The van der Waals surface area contributed by atoms with E-state index in [1.54, 1.807) is 24.3 Å². The van der Waals surface area contributed by atoms with Crippen molar-refractivity contribution >= 4 is 28.5 Å². The van der Waals surface area contributed by atoms with Gasteiger partial charge in [-0.05, 0) is 35.4 Å². The van der Waals surface area contributed by atoms with Crippen LogP contribution in [-0.4, -0.2) is 16.1 Å². The molecule has 0 saturated heterocycles. The largest absolute Gasteiger partial charge is 0.477 e. The third-order valence-electron chi connectivity index (χ3n) is 3.09. The van der Waals surface area contributed by atoms with Gasteiger partial charge in [-0.3, -0.25) is 0 Å². The molecule has 1 heterocycles. The molecule has 3 nitrogen and oxygen atoms in total. The summed E-state index contributed by atoms with van der Waals surface area (Å²) in [6, 6.07) is 16.4. The first kappa shape index (κ1) is 12.6. The number of aromatic nitrogens is 1. The predicted octanol–water partition coefficient (Wildman–Crippen LogP) is 4.25. The second kappa shape index (κ2) is 4.94. The lowest BCUT2D eigenvalue weighted by atomic mass is 10.0. The Bertz CT molecular complexity index is 797. The van der Waals surface area contributed by atoms with Crippen LogP contribution in [0.1, 0.15) is 10.5 Å². The summed E-state index contributed by atoms with van der Waals surface area (Å²) in [5.41, 5.74) is 2.45. The van der Waals surface area contributed by atoms with E-state index in [1.165, 1.54) is 0 Å². The van der Waals surface area contributed by atoms with Crippen LogP contribution in [0.5, 0.6) is 0 Å². The number of hydrogen-bond donors (Lipinski definition) is 1. The molecule has 0 saturated carbocycles. The zero-order valence-electron chi connectivity index (χ0n) is 10.4. The Balaban J connectivity index is 2.32. The summed E-state index contributed by atoms with van der Waals surface area (Å²) in [5.74, 6) is -1.04. The highest BCUT2D eigenvalue weighted by Crippen LogP contribution is 2.29. The smallest absolute Gasteiger partial charge is 0.354 e. The number of nitrogens with zero attached hydrogens (tertiary/aromatic N) is 1. The average Bonchev–Trinajstić information content (AvgIpc) is 2.47. The van der Waals surface area contributed by atoms with Crippen molar-refractivity contribution in [3.63, 3.8) is 0 Å². The van der Waals surface area contributed by atoms with Gasteiger partial charge in [-0.1, -0.05) is 41.9 Å². The van der Waals surface area contributed by atoms with Crippen LogP contribution in [0.3, 0.4) is 0 Å². The minimum Gasteiger partial charge on any atom is -0.477 e. The first-order valence-corrected chi connectivity index (χ1v) is 6.42. The van der Waals surface area contributed by atoms with Gasteiger partial charge in [-0.15, -0.1) is 0 Å². The summed E-state index contributed by atoms with van der Waals surface area (Å²) >= 11 is 5.89. The highest BCUT2D eigenvalue weighted by Gasteiger charge is 2.11. The van der Waals surface area contributed by atoms with Gasteiger partial charge in [-0.2, -0.15) is 0 Å². The van der Waals surface area contributed by atoms with E-state index in [1.807, 2.05) is 30.3 Å². The molecule has 0 atom stereocenters. The monoisotopic (exact) mass is 283 g/mol. The van der Waals surface area contributed by atoms with Gasteiger partial charge in [0, 0.05) is 10.4 Å². The summed E-state index contributed by atoms with van der Waals surface area (Å²) < 4.78 is 0. The molecule has 0 amide bonds. The molecular weight excluding hydrogens is 274 g/mol. The molecule has 98 valence electrons. The van der Waals surface area contributed by atoms with E-state index in [9.17, 15) is 9.90 Å². The maximum absolute atomic E-state index is 11.2. The summed E-state index contributed by atoms with van der Waals surface area (Å²) in [4.78, 5) is 15.4. The lowest BCUT2D eigenvalue weighted by Gasteiger charge is -2.08. The summed E-state index contributed by atoms with van der Waals surface area (Å²) in [5, 5.41) is 10.7. The van der Waals surface area contributed by atoms with E-state index in [0.717, 1.165) is 16.5 Å². The normalized spacial score (nSPS) is 10.7. The van der Waals surface area contributed by atoms with Crippen LogP contribution in [0.25, 0.3) is 22.0 Å². The van der Waals surface area contributed by atoms with Crippen molar-refractivity contribution in [3.05, 3.63) is 65.3 Å². The van der Waals surface area contributed by atoms with Gasteiger partial charge in [0.1, 0.15) is 5.69 Å². The number of carboxylic acids is 1. The number of halogens is 1. The molecule has 20 heavy (non-hydrogen) atoms. The number of pyridine rings is 1. The Labute approximate surface area is 120 Å². The third kappa shape index (κ3) is 2.24. The standard InChI is InChI=1S/C16H10ClNO2/c17-11-7-5-10(6-8-11)13-9-15(16(19)20)18-14-4-2-1-3-12(13)14/h1-9H,(H,19,20). The van der Waals surface area contributed by atoms with Crippen LogP contribution in [0.15, 0.2) is 54.6 Å². The molecule has 0 bridgehead atoms. The van der Waals surface area contributed by atoms with Crippen molar-refractivity contribution in [1.29, 1.82) is 0 Å². The summed E-state index contributed by atoms with van der Waals surface area (Å²) in [7, 11) is 0. The zero-order valence-corrected chi connectivity index (χ0v) is 11.1. The highest BCUT2D eigenvalue weighted by atomic mass is 35.5. The fourth-order valence-corrected chi connectivity index (χ4v) is 2.28. The number of hydrogen-bond acceptors (Lipinski definition) is 2. The molecule has 0 fully saturated rings. The topological polar surface area (TPSA) is 50.2 Å². The second-order valence-corrected chi connectivity index (χ2v) is 4.82. The van der Waals surface area contributed by atoms with Crippen LogP contribution in [0.4, 0.5) is 0 Å². The van der Waals surface area contributed by atoms with Crippen LogP contribution >= 0.6 is 11.6 Å². The van der Waals surface area contributed by atoms with Crippen molar-refractivity contribution in [2.75, 3.05) is 0 Å². The molecule has 4 heteroatoms. The molecule has 1 N–H and O–H groups in total. The Morgan fingerprint density at radius 3 is 2.45 bits per heavy atom. The summed E-state index contributed by atoms with van der Waals surface area (Å²) in [6.07, 6.45) is 0. The van der Waals surface area contributed by atoms with Crippen molar-refractivity contribution in [3.8, 4) is 11.1 Å². The van der Waals surface area contributed by atoms with E-state index < -0.39 is 5.97 Å². The number of benzene rings is 2. The zero-order chi connectivity index (χ0) is 14.1. The Hall–Kier alpha value is -2.39. The van der Waals surface area contributed by atoms with E-state index >= 15 is 0 Å². The fourth-order valence-electron chi connectivity index (χ4n) is 2.15. The molecule has 0 aliphatic carbocycles. The van der Waals surface area contributed by atoms with Gasteiger partial charge >= 0.3 is 5.97 Å². The van der Waals surface area contributed by atoms with E-state index in [2.05, 4.69) is 4.98 Å². The van der Waals surface area contributed by atoms with E-state index in [-0.39, 0.29) is 5.69 Å². The molecule has 0 aliphatic rings. The van der Waals surface area contributed by atoms with E-state index in [4.69, 9.17) is 11.6 Å². The molecule has 3 aromatic rings. The third-order valence-corrected chi connectivity index (χ3v) is 3.34. The Morgan fingerprint density at radius 2 is 1.75 bits per heavy atom. The molecule has 0 radical (unpaired) electrons. The molecule has 0 spiro atoms. The molecule has 2 aromatic carbocycles. The quantitative estimate of drug-likeness (QED) is 0.765. The van der Waals surface area contributed by atoms with E-state index in [0.29, 0.717) is 10.5 Å². The first-order valence-electron chi connectivity index (χ1n) is 6.04. The van der Waals surface area contributed by atoms with Gasteiger partial charge in [-0.25, -0.2) is 9.78 Å². The molecule has 3 rings (SSSR count). The number of carbonyl (C=O) groups is 1. The lowest BCUT2D eigenvalue weighted by Crippen LogP contribution is -2.01. The van der Waals surface area contributed by atoms with Crippen LogP contribution in [0, 0.1) is 0 Å². The first-order chi connectivity index (χ1) is 9.65. The maximum Gasteiger partial charge on any atom is 0.354 e. The highest BCUT2D eigenvalue weighted by molar-refractivity contribution is 6.30. The number of carboxylic acid groups (broad SMARTS) is 1. The van der Waals surface area contributed by atoms with Crippen LogP contribution < -0.4 is 0 Å². The number of para-hydroxylation sites is 1. The second-order valence-electron chi connectivity index (χ2n) is 4.38. The summed E-state index contributed by atoms with van der Waals surface area (Å²) in [6.45, 7) is 0. The van der Waals surface area contributed by atoms with Gasteiger partial charge in [0.15, 0.2) is 0 Å². The Kier molecular flexibility index (Phi) is 3.12. The number of fused-ring (bicyclic) bond motifs is 1. The fraction of sp³-hybridized carbons (Fsp3) is 0. The van der Waals surface area contributed by atoms with Crippen LogP contribution in [0.2, 0.25) is 5.02 Å². The molecule has 1 aromatic heterocycles. The van der Waals surface area contributed by atoms with Crippen molar-refractivity contribution in [2.24, 2.45) is 0 Å². The van der Waals surface area contributed by atoms with Gasteiger partial charge in [0.25, 0.3) is 0 Å². The lowest BCUT2D eigenvalue weighted by molar-refractivity contribution is 0.0691. The molecule has 0 unspecified atom stereocenters.